The molecule has 1 rings (SSSR count). The highest BCUT2D eigenvalue weighted by molar-refractivity contribution is 5.37. The quantitative estimate of drug-likeness (QED) is 0.589. The van der Waals surface area contributed by atoms with E-state index in [4.69, 9.17) is 4.11 Å². The molecule has 0 saturated carbocycles. The Morgan fingerprint density at radius 3 is 2.67 bits per heavy atom. The minimum atomic E-state index is -2.42. The summed E-state index contributed by atoms with van der Waals surface area (Å²) in [5.41, 5.74) is 0.731. The summed E-state index contributed by atoms with van der Waals surface area (Å²) in [6.45, 7) is 0. The van der Waals surface area contributed by atoms with Gasteiger partial charge in [-0.2, -0.15) is 0 Å². The highest BCUT2D eigenvalue weighted by Crippen LogP contribution is 2.09. The molecule has 0 heterocycles. The zero-order valence-corrected chi connectivity index (χ0v) is 6.63. The Labute approximate surface area is 76.3 Å². The third-order valence-corrected chi connectivity index (χ3v) is 1.27. The lowest BCUT2D eigenvalue weighted by atomic mass is 10.2. The van der Waals surface area contributed by atoms with Crippen LogP contribution < -0.4 is 4.74 Å². The number of rotatable bonds is 1. The van der Waals surface area contributed by atoms with Gasteiger partial charge in [0.25, 0.3) is 0 Å². The van der Waals surface area contributed by atoms with Crippen molar-refractivity contribution in [3.8, 4) is 17.8 Å². The van der Waals surface area contributed by atoms with E-state index in [0.717, 1.165) is 5.56 Å². The smallest absolute Gasteiger partial charge is 0.118 e. The molecule has 0 unspecified atom stereocenters. The molecule has 1 aromatic rings. The first-order valence-corrected chi connectivity index (χ1v) is 3.34. The Hall–Kier alpha value is -1.62. The van der Waals surface area contributed by atoms with E-state index in [1.807, 2.05) is 0 Å². The predicted octanol–water partition coefficient (Wildman–Crippen LogP) is 1.65. The molecular formula is C10H10O2. The van der Waals surface area contributed by atoms with Crippen molar-refractivity contribution in [1.82, 2.24) is 0 Å². The molecule has 0 atom stereocenters. The third kappa shape index (κ3) is 2.21. The molecule has 0 radical (unpaired) electrons. The van der Waals surface area contributed by atoms with E-state index in [1.54, 1.807) is 24.3 Å². The summed E-state index contributed by atoms with van der Waals surface area (Å²) in [5, 5.41) is 0. The van der Waals surface area contributed by atoms with E-state index in [-0.39, 0.29) is 5.75 Å². The van der Waals surface area contributed by atoms with Crippen molar-refractivity contribution in [3.05, 3.63) is 29.8 Å². The molecular weight excluding hydrogens is 152 g/mol. The van der Waals surface area contributed by atoms with Crippen molar-refractivity contribution in [3.63, 3.8) is 0 Å². The summed E-state index contributed by atoms with van der Waals surface area (Å²) in [6.07, 6.45) is 2.43. The Morgan fingerprint density at radius 1 is 1.33 bits per heavy atom. The van der Waals surface area contributed by atoms with Gasteiger partial charge in [0.05, 0.1) is 18.3 Å². The lowest BCUT2D eigenvalue weighted by Crippen LogP contribution is -1.81. The molecule has 0 bridgehead atoms. The fourth-order valence-electron chi connectivity index (χ4n) is 0.716. The van der Waals surface area contributed by atoms with Crippen LogP contribution in [0.3, 0.4) is 0 Å². The SMILES string of the molecule is [2H]C([2H])([2H])Oc1ccc(C#COC)cc1. The molecule has 0 aliphatic heterocycles. The second kappa shape index (κ2) is 4.30. The second-order valence-corrected chi connectivity index (χ2v) is 2.06. The zero-order chi connectivity index (χ0) is 11.3. The van der Waals surface area contributed by atoms with Gasteiger partial charge in [0.1, 0.15) is 11.9 Å². The largest absolute Gasteiger partial charge is 0.497 e. The molecule has 0 aromatic heterocycles. The van der Waals surface area contributed by atoms with Crippen molar-refractivity contribution >= 4 is 0 Å². The molecule has 0 saturated heterocycles. The molecule has 0 aliphatic rings. The summed E-state index contributed by atoms with van der Waals surface area (Å²) in [4.78, 5) is 0. The molecule has 0 N–H and O–H groups in total. The molecule has 0 aliphatic carbocycles. The van der Waals surface area contributed by atoms with E-state index < -0.39 is 7.04 Å². The van der Waals surface area contributed by atoms with Crippen molar-refractivity contribution in [2.45, 2.75) is 0 Å². The van der Waals surface area contributed by atoms with Crippen molar-refractivity contribution in [2.24, 2.45) is 0 Å². The molecule has 0 amide bonds. The normalized spacial score (nSPS) is 12.9. The number of hydrogen-bond acceptors (Lipinski definition) is 2. The summed E-state index contributed by atoms with van der Waals surface area (Å²) < 4.78 is 29.9. The minimum Gasteiger partial charge on any atom is -0.497 e. The molecule has 2 heteroatoms. The highest BCUT2D eigenvalue weighted by Gasteiger charge is 1.88. The number of methoxy groups -OCH3 is 2. The first kappa shape index (κ1) is 5.10. The van der Waals surface area contributed by atoms with Crippen LogP contribution in [0, 0.1) is 12.0 Å². The predicted molar refractivity (Wildman–Crippen MR) is 46.9 cm³/mol. The van der Waals surface area contributed by atoms with Crippen LogP contribution >= 0.6 is 0 Å². The maximum Gasteiger partial charge on any atom is 0.118 e. The van der Waals surface area contributed by atoms with E-state index >= 15 is 0 Å². The highest BCUT2D eigenvalue weighted by atomic mass is 16.5. The van der Waals surface area contributed by atoms with E-state index in [2.05, 4.69) is 21.5 Å². The maximum absolute atomic E-state index is 6.90. The molecule has 0 fully saturated rings. The van der Waals surface area contributed by atoms with Gasteiger partial charge in [-0.1, -0.05) is 0 Å². The van der Waals surface area contributed by atoms with Crippen LogP contribution in [0.15, 0.2) is 24.3 Å². The number of hydrogen-bond donors (Lipinski definition) is 0. The minimum absolute atomic E-state index is 0.290. The maximum atomic E-state index is 6.90. The van der Waals surface area contributed by atoms with Gasteiger partial charge in [-0.15, -0.1) is 0 Å². The van der Waals surface area contributed by atoms with E-state index in [9.17, 15) is 0 Å². The van der Waals surface area contributed by atoms with Gasteiger partial charge in [0.2, 0.25) is 0 Å². The van der Waals surface area contributed by atoms with Gasteiger partial charge in [0, 0.05) is 5.56 Å². The van der Waals surface area contributed by atoms with Crippen LogP contribution in [-0.2, 0) is 4.74 Å². The third-order valence-electron chi connectivity index (χ3n) is 1.27. The first-order chi connectivity index (χ1) is 7.01. The monoisotopic (exact) mass is 165 g/mol. The van der Waals surface area contributed by atoms with Gasteiger partial charge in [-0.3, -0.25) is 0 Å². The Morgan fingerprint density at radius 2 is 2.08 bits per heavy atom. The van der Waals surface area contributed by atoms with Gasteiger partial charge < -0.3 is 9.47 Å². The Balaban J connectivity index is 2.73. The molecule has 2 nitrogen and oxygen atoms in total. The van der Waals surface area contributed by atoms with Crippen LogP contribution in [0.25, 0.3) is 0 Å². The van der Waals surface area contributed by atoms with Crippen LogP contribution in [0.4, 0.5) is 0 Å². The van der Waals surface area contributed by atoms with Crippen LogP contribution in [0.2, 0.25) is 0 Å². The molecule has 1 aromatic carbocycles. The average molecular weight is 165 g/mol. The van der Waals surface area contributed by atoms with Crippen LogP contribution in [-0.4, -0.2) is 14.1 Å². The van der Waals surface area contributed by atoms with E-state index in [0.29, 0.717) is 0 Å². The molecule has 12 heavy (non-hydrogen) atoms. The zero-order valence-electron chi connectivity index (χ0n) is 9.63. The summed E-state index contributed by atoms with van der Waals surface area (Å²) in [7, 11) is -0.946. The average Bonchev–Trinajstić information content (AvgIpc) is 2.14. The fraction of sp³-hybridized carbons (Fsp3) is 0.200. The topological polar surface area (TPSA) is 18.5 Å². The van der Waals surface area contributed by atoms with Gasteiger partial charge >= 0.3 is 0 Å². The summed E-state index contributed by atoms with van der Waals surface area (Å²) in [5.74, 6) is 3.01. The standard InChI is InChI=1S/C10H10O2/c1-11-8-7-9-3-5-10(12-2)6-4-9/h3-6H,1-2H3/i2D3. The lowest BCUT2D eigenvalue weighted by Gasteiger charge is -1.96. The van der Waals surface area contributed by atoms with Gasteiger partial charge in [-0.05, 0) is 30.2 Å². The Kier molecular flexibility index (Phi) is 1.83. The molecule has 0 spiro atoms. The molecule has 62 valence electrons. The Bertz CT molecular complexity index is 370. The van der Waals surface area contributed by atoms with Crippen molar-refractivity contribution in [2.75, 3.05) is 14.1 Å². The summed E-state index contributed by atoms with van der Waals surface area (Å²) in [6, 6.07) is 6.41. The van der Waals surface area contributed by atoms with Gasteiger partial charge in [-0.25, -0.2) is 0 Å². The van der Waals surface area contributed by atoms with Crippen molar-refractivity contribution in [1.29, 1.82) is 0 Å². The first-order valence-electron chi connectivity index (χ1n) is 4.84. The van der Waals surface area contributed by atoms with E-state index in [1.165, 1.54) is 7.11 Å². The summed E-state index contributed by atoms with van der Waals surface area (Å²) >= 11 is 0. The van der Waals surface area contributed by atoms with Crippen molar-refractivity contribution < 1.29 is 13.6 Å². The second-order valence-electron chi connectivity index (χ2n) is 2.06. The van der Waals surface area contributed by atoms with Crippen LogP contribution in [0.1, 0.15) is 9.68 Å². The van der Waals surface area contributed by atoms with Gasteiger partial charge in [0.15, 0.2) is 0 Å². The lowest BCUT2D eigenvalue weighted by molar-refractivity contribution is 0.372. The van der Waals surface area contributed by atoms with Crippen LogP contribution in [0.5, 0.6) is 5.75 Å². The number of benzene rings is 1. The fourth-order valence-corrected chi connectivity index (χ4v) is 0.716. The number of ether oxygens (including phenoxy) is 2.